The van der Waals surface area contributed by atoms with Crippen molar-refractivity contribution < 1.29 is 30.6 Å². The molecule has 128 valence electrons. The van der Waals surface area contributed by atoms with Gasteiger partial charge in [-0.05, 0) is 0 Å². The summed E-state index contributed by atoms with van der Waals surface area (Å²) in [6, 6.07) is 0. The number of thioether (sulfide) groups is 3. The molecule has 0 saturated heterocycles. The van der Waals surface area contributed by atoms with Gasteiger partial charge in [0, 0.05) is 34.5 Å². The molecule has 0 aliphatic rings. The van der Waals surface area contributed by atoms with Gasteiger partial charge >= 0.3 is 0 Å². The Morgan fingerprint density at radius 1 is 0.476 bits per heavy atom. The highest BCUT2D eigenvalue weighted by Crippen LogP contribution is 2.13. The zero-order valence-corrected chi connectivity index (χ0v) is 14.3. The lowest BCUT2D eigenvalue weighted by Gasteiger charge is -2.14. The topological polar surface area (TPSA) is 121 Å². The van der Waals surface area contributed by atoms with Crippen molar-refractivity contribution >= 4 is 35.3 Å². The molecular weight excluding hydrogens is 336 g/mol. The van der Waals surface area contributed by atoms with Gasteiger partial charge in [0.2, 0.25) is 0 Å². The average molecular weight is 363 g/mol. The van der Waals surface area contributed by atoms with E-state index in [1.807, 2.05) is 0 Å². The van der Waals surface area contributed by atoms with Crippen LogP contribution in [0.4, 0.5) is 0 Å². The van der Waals surface area contributed by atoms with E-state index in [9.17, 15) is 10.2 Å². The highest BCUT2D eigenvalue weighted by Gasteiger charge is 2.11. The molecule has 0 aromatic heterocycles. The molecule has 21 heavy (non-hydrogen) atoms. The van der Waals surface area contributed by atoms with Crippen LogP contribution in [0.25, 0.3) is 0 Å². The van der Waals surface area contributed by atoms with Crippen molar-refractivity contribution in [1.82, 2.24) is 0 Å². The number of rotatable bonds is 14. The molecule has 0 saturated carbocycles. The molecule has 4 unspecified atom stereocenters. The van der Waals surface area contributed by atoms with Crippen LogP contribution < -0.4 is 0 Å². The van der Waals surface area contributed by atoms with Gasteiger partial charge in [0.05, 0.1) is 37.6 Å². The quantitative estimate of drug-likeness (QED) is 0.222. The van der Waals surface area contributed by atoms with Crippen molar-refractivity contribution in [1.29, 1.82) is 0 Å². The van der Waals surface area contributed by atoms with Crippen LogP contribution in [-0.4, -0.2) is 103 Å². The van der Waals surface area contributed by atoms with Crippen molar-refractivity contribution in [3.8, 4) is 0 Å². The molecule has 0 spiro atoms. The first-order chi connectivity index (χ1) is 9.99. The molecule has 4 atom stereocenters. The summed E-state index contributed by atoms with van der Waals surface area (Å²) >= 11 is 4.21. The lowest BCUT2D eigenvalue weighted by Crippen LogP contribution is -2.21. The van der Waals surface area contributed by atoms with E-state index >= 15 is 0 Å². The van der Waals surface area contributed by atoms with E-state index in [2.05, 4.69) is 0 Å². The van der Waals surface area contributed by atoms with E-state index < -0.39 is 24.4 Å². The van der Waals surface area contributed by atoms with Gasteiger partial charge in [-0.3, -0.25) is 0 Å². The molecule has 0 heterocycles. The molecule has 9 heteroatoms. The molecule has 0 fully saturated rings. The number of aliphatic hydroxyl groups is 6. The fraction of sp³-hybridized carbons (Fsp3) is 1.00. The number of aliphatic hydroxyl groups excluding tert-OH is 6. The maximum Gasteiger partial charge on any atom is 0.0861 e. The Labute approximate surface area is 138 Å². The normalized spacial score (nSPS) is 17.4. The molecule has 0 aliphatic carbocycles. The van der Waals surface area contributed by atoms with Gasteiger partial charge in [-0.1, -0.05) is 0 Å². The second-order valence-electron chi connectivity index (χ2n) is 4.59. The third kappa shape index (κ3) is 14.2. The van der Waals surface area contributed by atoms with Crippen LogP contribution in [-0.2, 0) is 0 Å². The van der Waals surface area contributed by atoms with E-state index in [-0.39, 0.29) is 13.2 Å². The molecule has 0 aliphatic heterocycles. The average Bonchev–Trinajstić information content (AvgIpc) is 2.46. The lowest BCUT2D eigenvalue weighted by atomic mass is 10.4. The van der Waals surface area contributed by atoms with Crippen LogP contribution in [0.3, 0.4) is 0 Å². The van der Waals surface area contributed by atoms with Crippen LogP contribution in [0.15, 0.2) is 0 Å². The van der Waals surface area contributed by atoms with Crippen molar-refractivity contribution in [2.24, 2.45) is 0 Å². The molecule has 0 aromatic rings. The highest BCUT2D eigenvalue weighted by atomic mass is 32.2. The summed E-state index contributed by atoms with van der Waals surface area (Å²) in [5.41, 5.74) is 0. The highest BCUT2D eigenvalue weighted by molar-refractivity contribution is 8.00. The third-order valence-corrected chi connectivity index (χ3v) is 6.01. The van der Waals surface area contributed by atoms with Gasteiger partial charge < -0.3 is 30.6 Å². The Bertz CT molecular complexity index is 215. The van der Waals surface area contributed by atoms with Gasteiger partial charge in [0.15, 0.2) is 0 Å². The molecule has 0 bridgehead atoms. The van der Waals surface area contributed by atoms with Gasteiger partial charge in [0.25, 0.3) is 0 Å². The van der Waals surface area contributed by atoms with Gasteiger partial charge in [-0.25, -0.2) is 0 Å². The van der Waals surface area contributed by atoms with E-state index in [0.29, 0.717) is 34.5 Å². The van der Waals surface area contributed by atoms with Crippen LogP contribution in [0.2, 0.25) is 0 Å². The zero-order chi connectivity index (χ0) is 16.1. The molecule has 0 radical (unpaired) electrons. The summed E-state index contributed by atoms with van der Waals surface area (Å²) in [4.78, 5) is 0. The van der Waals surface area contributed by atoms with E-state index in [1.54, 1.807) is 0 Å². The Morgan fingerprint density at radius 2 is 0.714 bits per heavy atom. The summed E-state index contributed by atoms with van der Waals surface area (Å²) in [6.07, 6.45) is -2.52. The maximum atomic E-state index is 9.69. The molecule has 0 amide bonds. The number of hydrogen-bond donors (Lipinski definition) is 6. The predicted octanol–water partition coefficient (Wildman–Crippen LogP) is -1.39. The Hall–Kier alpha value is 0.810. The fourth-order valence-electron chi connectivity index (χ4n) is 1.22. The van der Waals surface area contributed by atoms with Gasteiger partial charge in [-0.15, -0.1) is 0 Å². The predicted molar refractivity (Wildman–Crippen MR) is 90.2 cm³/mol. The first-order valence-corrected chi connectivity index (χ1v) is 10.1. The standard InChI is InChI=1S/C12H26O6S3/c13-1-9(15)3-19-5-11(17)7-21-8-12(18)6-20-4-10(16)2-14/h9-18H,1-8H2. The summed E-state index contributed by atoms with van der Waals surface area (Å²) in [6.45, 7) is -0.542. The minimum atomic E-state index is -0.747. The monoisotopic (exact) mass is 362 g/mol. The lowest BCUT2D eigenvalue weighted by molar-refractivity contribution is 0.113. The first kappa shape index (κ1) is 21.8. The van der Waals surface area contributed by atoms with Crippen molar-refractivity contribution in [2.45, 2.75) is 24.4 Å². The van der Waals surface area contributed by atoms with Crippen LogP contribution in [0.1, 0.15) is 0 Å². The molecular formula is C12H26O6S3. The summed E-state index contributed by atoms with van der Waals surface area (Å²) < 4.78 is 0. The van der Waals surface area contributed by atoms with E-state index in [1.165, 1.54) is 35.3 Å². The number of hydrogen-bond acceptors (Lipinski definition) is 9. The van der Waals surface area contributed by atoms with Crippen molar-refractivity contribution in [3.63, 3.8) is 0 Å². The first-order valence-electron chi connectivity index (χ1n) is 6.66. The van der Waals surface area contributed by atoms with Crippen LogP contribution in [0.5, 0.6) is 0 Å². The van der Waals surface area contributed by atoms with Gasteiger partial charge in [0.1, 0.15) is 0 Å². The Kier molecular flexibility index (Phi) is 15.0. The smallest absolute Gasteiger partial charge is 0.0861 e. The molecule has 6 N–H and O–H groups in total. The second-order valence-corrected chi connectivity index (χ2v) is 7.82. The summed E-state index contributed by atoms with van der Waals surface area (Å²) in [7, 11) is 0. The minimum absolute atomic E-state index is 0.271. The van der Waals surface area contributed by atoms with Crippen LogP contribution >= 0.6 is 35.3 Å². The van der Waals surface area contributed by atoms with Crippen molar-refractivity contribution in [2.75, 3.05) is 47.7 Å². The Morgan fingerprint density at radius 3 is 0.952 bits per heavy atom. The molecule has 0 aromatic carbocycles. The summed E-state index contributed by atoms with van der Waals surface area (Å²) in [5, 5.41) is 54.9. The Balaban J connectivity index is 3.46. The molecule has 0 rings (SSSR count). The maximum absolute atomic E-state index is 9.69. The van der Waals surface area contributed by atoms with Gasteiger partial charge in [-0.2, -0.15) is 35.3 Å². The third-order valence-electron chi connectivity index (χ3n) is 2.28. The SMILES string of the molecule is OCC(O)CSCC(O)CSCC(O)CSCC(O)CO. The van der Waals surface area contributed by atoms with Crippen molar-refractivity contribution in [3.05, 3.63) is 0 Å². The molecule has 6 nitrogen and oxygen atoms in total. The largest absolute Gasteiger partial charge is 0.394 e. The second kappa shape index (κ2) is 14.4. The van der Waals surface area contributed by atoms with E-state index in [4.69, 9.17) is 20.4 Å². The summed E-state index contributed by atoms with van der Waals surface area (Å²) in [5.74, 6) is 2.76. The minimum Gasteiger partial charge on any atom is -0.394 e. The van der Waals surface area contributed by atoms with Crippen LogP contribution in [0, 0.1) is 0 Å². The zero-order valence-electron chi connectivity index (χ0n) is 11.9. The van der Waals surface area contributed by atoms with E-state index in [0.717, 1.165) is 0 Å². The fourth-order valence-corrected chi connectivity index (χ4v) is 4.24.